The minimum atomic E-state index is 0.0798. The van der Waals surface area contributed by atoms with Gasteiger partial charge in [-0.05, 0) is 42.2 Å². The van der Waals surface area contributed by atoms with Crippen LogP contribution in [0.2, 0.25) is 0 Å². The van der Waals surface area contributed by atoms with Gasteiger partial charge < -0.3 is 0 Å². The van der Waals surface area contributed by atoms with Crippen molar-refractivity contribution in [2.24, 2.45) is 7.05 Å². The first-order valence-electron chi connectivity index (χ1n) is 9.74. The van der Waals surface area contributed by atoms with E-state index in [2.05, 4.69) is 103 Å². The lowest BCUT2D eigenvalue weighted by molar-refractivity contribution is -0.665. The van der Waals surface area contributed by atoms with Gasteiger partial charge in [-0.3, -0.25) is 4.40 Å². The van der Waals surface area contributed by atoms with Crippen LogP contribution in [0.1, 0.15) is 31.9 Å². The maximum Gasteiger partial charge on any atom is 0.312 e. The van der Waals surface area contributed by atoms with Crippen LogP contribution in [0.25, 0.3) is 33.7 Å². The second-order valence-corrected chi connectivity index (χ2v) is 8.60. The Bertz CT molecular complexity index is 1360. The Morgan fingerprint density at radius 3 is 2.39 bits per heavy atom. The van der Waals surface area contributed by atoms with Gasteiger partial charge in [0.25, 0.3) is 5.82 Å². The predicted molar refractivity (Wildman–Crippen MR) is 114 cm³/mol. The number of para-hydroxylation sites is 2. The average Bonchev–Trinajstić information content (AvgIpc) is 3.17. The molecule has 0 aliphatic heterocycles. The molecule has 140 valence electrons. The van der Waals surface area contributed by atoms with Crippen molar-refractivity contribution in [2.75, 3.05) is 0 Å². The highest BCUT2D eigenvalue weighted by Gasteiger charge is 2.28. The van der Waals surface area contributed by atoms with Gasteiger partial charge in [0, 0.05) is 11.6 Å². The fourth-order valence-corrected chi connectivity index (χ4v) is 4.43. The number of nitrogens with zero attached hydrogens (tertiary/aromatic N) is 4. The van der Waals surface area contributed by atoms with E-state index in [1.54, 1.807) is 0 Å². The molecule has 4 nitrogen and oxygen atoms in total. The third-order valence-corrected chi connectivity index (χ3v) is 5.68. The first-order chi connectivity index (χ1) is 13.4. The van der Waals surface area contributed by atoms with Crippen LogP contribution >= 0.6 is 0 Å². The number of aromatic nitrogens is 4. The Morgan fingerprint density at radius 1 is 0.893 bits per heavy atom. The lowest BCUT2D eigenvalue weighted by Gasteiger charge is -2.21. The first-order valence-corrected chi connectivity index (χ1v) is 9.74. The summed E-state index contributed by atoms with van der Waals surface area (Å²) >= 11 is 0. The van der Waals surface area contributed by atoms with E-state index in [0.29, 0.717) is 0 Å². The fraction of sp³-hybridized carbons (Fsp3) is 0.250. The van der Waals surface area contributed by atoms with Crippen molar-refractivity contribution in [3.05, 3.63) is 71.9 Å². The molecular weight excluding hydrogens is 344 g/mol. The fourth-order valence-electron chi connectivity index (χ4n) is 4.43. The minimum absolute atomic E-state index is 0.0798. The summed E-state index contributed by atoms with van der Waals surface area (Å²) in [4.78, 5) is 5.02. The second kappa shape index (κ2) is 5.68. The van der Waals surface area contributed by atoms with Crippen molar-refractivity contribution in [1.82, 2.24) is 14.0 Å². The predicted octanol–water partition coefficient (Wildman–Crippen LogP) is 4.86. The van der Waals surface area contributed by atoms with E-state index in [1.165, 1.54) is 22.2 Å². The summed E-state index contributed by atoms with van der Waals surface area (Å²) < 4.78 is 6.75. The van der Waals surface area contributed by atoms with Crippen molar-refractivity contribution < 1.29 is 4.57 Å². The van der Waals surface area contributed by atoms with Crippen LogP contribution in [0.4, 0.5) is 0 Å². The Labute approximate surface area is 164 Å². The molecule has 0 aliphatic carbocycles. The van der Waals surface area contributed by atoms with Crippen LogP contribution < -0.4 is 4.57 Å². The van der Waals surface area contributed by atoms with Gasteiger partial charge in [-0.2, -0.15) is 9.55 Å². The zero-order valence-corrected chi connectivity index (χ0v) is 17.1. The SMILES string of the molecule is Cc1c(C(C)(C)C)ccc2c1n(-c1cccc[n+]1C)c1nc3ccccc3n21. The van der Waals surface area contributed by atoms with E-state index in [-0.39, 0.29) is 5.41 Å². The number of rotatable bonds is 1. The van der Waals surface area contributed by atoms with E-state index < -0.39 is 0 Å². The molecule has 0 spiro atoms. The number of imidazole rings is 2. The van der Waals surface area contributed by atoms with Crippen molar-refractivity contribution in [2.45, 2.75) is 33.1 Å². The van der Waals surface area contributed by atoms with Gasteiger partial charge in [0.15, 0.2) is 5.52 Å². The van der Waals surface area contributed by atoms with Crippen LogP contribution in [0, 0.1) is 6.92 Å². The highest BCUT2D eigenvalue weighted by atomic mass is 15.3. The van der Waals surface area contributed by atoms with Crippen LogP contribution in [0.15, 0.2) is 60.8 Å². The van der Waals surface area contributed by atoms with E-state index in [0.717, 1.165) is 22.6 Å². The number of fused-ring (bicyclic) bond motifs is 5. The van der Waals surface area contributed by atoms with Crippen molar-refractivity contribution in [3.8, 4) is 5.82 Å². The summed E-state index contributed by atoms with van der Waals surface area (Å²) in [5.41, 5.74) is 7.33. The standard InChI is InChI=1S/C24H25N4/c1-16-17(24(2,3)4)13-14-20-22(16)28(21-12-8-9-15-26(21)5)23-25-18-10-6-7-11-19(18)27(20)23/h6-15H,1-5H3/q+1. The largest absolute Gasteiger partial charge is 0.312 e. The Balaban J connectivity index is 2.05. The van der Waals surface area contributed by atoms with Gasteiger partial charge in [0.1, 0.15) is 0 Å². The number of hydrogen-bond acceptors (Lipinski definition) is 1. The van der Waals surface area contributed by atoms with Gasteiger partial charge in [0.05, 0.1) is 29.8 Å². The molecule has 5 rings (SSSR count). The molecule has 0 fully saturated rings. The molecule has 0 saturated carbocycles. The molecule has 0 bridgehead atoms. The quantitative estimate of drug-likeness (QED) is 0.388. The molecule has 0 N–H and O–H groups in total. The van der Waals surface area contributed by atoms with E-state index in [9.17, 15) is 0 Å². The molecule has 0 aliphatic rings. The lowest BCUT2D eigenvalue weighted by atomic mass is 9.83. The van der Waals surface area contributed by atoms with Crippen LogP contribution in [0.3, 0.4) is 0 Å². The van der Waals surface area contributed by atoms with E-state index in [4.69, 9.17) is 4.98 Å². The zero-order chi connectivity index (χ0) is 19.6. The van der Waals surface area contributed by atoms with Gasteiger partial charge >= 0.3 is 5.78 Å². The summed E-state index contributed by atoms with van der Waals surface area (Å²) in [6, 6.07) is 19.2. The number of aryl methyl sites for hydroxylation is 2. The van der Waals surface area contributed by atoms with Gasteiger partial charge in [-0.25, -0.2) is 4.57 Å². The van der Waals surface area contributed by atoms with Crippen molar-refractivity contribution in [1.29, 1.82) is 0 Å². The molecule has 2 aromatic carbocycles. The normalized spacial score (nSPS) is 12.5. The Kier molecular flexibility index (Phi) is 3.45. The molecule has 0 radical (unpaired) electrons. The van der Waals surface area contributed by atoms with Gasteiger partial charge in [-0.1, -0.05) is 45.0 Å². The molecule has 3 heterocycles. The monoisotopic (exact) mass is 369 g/mol. The maximum atomic E-state index is 5.02. The third kappa shape index (κ3) is 2.24. The molecule has 5 aromatic rings. The number of benzene rings is 2. The molecular formula is C24H25N4+. The maximum absolute atomic E-state index is 5.02. The smallest absolute Gasteiger partial charge is 0.254 e. The molecule has 0 saturated heterocycles. The van der Waals surface area contributed by atoms with Gasteiger partial charge in [0.2, 0.25) is 0 Å². The zero-order valence-electron chi connectivity index (χ0n) is 17.1. The highest BCUT2D eigenvalue weighted by Crippen LogP contribution is 2.35. The van der Waals surface area contributed by atoms with Crippen LogP contribution in [0.5, 0.6) is 0 Å². The second-order valence-electron chi connectivity index (χ2n) is 8.60. The molecule has 28 heavy (non-hydrogen) atoms. The first kappa shape index (κ1) is 17.0. The summed E-state index contributed by atoms with van der Waals surface area (Å²) in [7, 11) is 2.09. The summed E-state index contributed by atoms with van der Waals surface area (Å²) in [5, 5.41) is 0. The van der Waals surface area contributed by atoms with Gasteiger partial charge in [-0.15, -0.1) is 0 Å². The molecule has 4 heteroatoms. The van der Waals surface area contributed by atoms with Crippen LogP contribution in [-0.4, -0.2) is 14.0 Å². The Hall–Kier alpha value is -3.14. The molecule has 3 aromatic heterocycles. The molecule has 0 atom stereocenters. The highest BCUT2D eigenvalue weighted by molar-refractivity contribution is 5.93. The summed E-state index contributed by atoms with van der Waals surface area (Å²) in [5.74, 6) is 2.05. The summed E-state index contributed by atoms with van der Waals surface area (Å²) in [6.45, 7) is 9.07. The van der Waals surface area contributed by atoms with Crippen molar-refractivity contribution in [3.63, 3.8) is 0 Å². The number of pyridine rings is 1. The van der Waals surface area contributed by atoms with E-state index >= 15 is 0 Å². The average molecular weight is 369 g/mol. The summed E-state index contributed by atoms with van der Waals surface area (Å²) in [6.07, 6.45) is 2.09. The lowest BCUT2D eigenvalue weighted by Crippen LogP contribution is -2.33. The molecule has 0 amide bonds. The van der Waals surface area contributed by atoms with E-state index in [1.807, 2.05) is 6.07 Å². The van der Waals surface area contributed by atoms with Crippen LogP contribution in [-0.2, 0) is 12.5 Å². The number of hydrogen-bond donors (Lipinski definition) is 0. The van der Waals surface area contributed by atoms with Crippen molar-refractivity contribution >= 4 is 27.8 Å². The third-order valence-electron chi connectivity index (χ3n) is 5.68. The molecule has 0 unspecified atom stereocenters. The topological polar surface area (TPSA) is 26.1 Å². The Morgan fingerprint density at radius 2 is 1.64 bits per heavy atom. The minimum Gasteiger partial charge on any atom is -0.254 e.